The molecule has 0 radical (unpaired) electrons. The van der Waals surface area contributed by atoms with Gasteiger partial charge in [-0.3, -0.25) is 4.40 Å². The van der Waals surface area contributed by atoms with Gasteiger partial charge in [-0.1, -0.05) is 48.7 Å². The molecule has 160 valence electrons. The van der Waals surface area contributed by atoms with Gasteiger partial charge in [0, 0.05) is 24.7 Å². The second-order valence-electron chi connectivity index (χ2n) is 7.95. The van der Waals surface area contributed by atoms with E-state index in [0.717, 1.165) is 30.5 Å². The Hall–Kier alpha value is -2.16. The highest BCUT2D eigenvalue weighted by Crippen LogP contribution is 2.40. The summed E-state index contributed by atoms with van der Waals surface area (Å²) in [4.78, 5) is 4.78. The lowest BCUT2D eigenvalue weighted by Crippen LogP contribution is -2.44. The molecule has 0 saturated heterocycles. The minimum atomic E-state index is 0. The zero-order chi connectivity index (χ0) is 20.1. The molecular formula is C23H31IN6. The van der Waals surface area contributed by atoms with Gasteiger partial charge in [0.2, 0.25) is 0 Å². The first-order valence-electron chi connectivity index (χ1n) is 10.6. The standard InChI is InChI=1S/C23H30N6.HI/c1-3-24-22(25-16-21-28-27-20-11-4-7-14-29(20)21)26-17-23(12-5-6-13-23)19-10-8-9-18(2)15-19;/h4,7-11,14-15H,3,5-6,12-13,16-17H2,1-2H3,(H2,24,25,26);1H. The molecule has 1 aliphatic carbocycles. The second kappa shape index (κ2) is 10.2. The highest BCUT2D eigenvalue weighted by molar-refractivity contribution is 14.0. The van der Waals surface area contributed by atoms with Crippen molar-refractivity contribution in [1.82, 2.24) is 25.2 Å². The Morgan fingerprint density at radius 1 is 1.10 bits per heavy atom. The molecule has 0 spiro atoms. The number of aromatic nitrogens is 3. The molecule has 2 heterocycles. The van der Waals surface area contributed by atoms with Crippen LogP contribution in [0.1, 0.15) is 49.6 Å². The second-order valence-corrected chi connectivity index (χ2v) is 7.95. The molecule has 0 aliphatic heterocycles. The van der Waals surface area contributed by atoms with Crippen molar-refractivity contribution in [3.8, 4) is 0 Å². The topological polar surface area (TPSA) is 66.6 Å². The van der Waals surface area contributed by atoms with E-state index < -0.39 is 0 Å². The molecule has 0 bridgehead atoms. The van der Waals surface area contributed by atoms with E-state index in [1.54, 1.807) is 0 Å². The smallest absolute Gasteiger partial charge is 0.191 e. The van der Waals surface area contributed by atoms with Crippen molar-refractivity contribution in [1.29, 1.82) is 0 Å². The number of rotatable bonds is 6. The average Bonchev–Trinajstić information content (AvgIpc) is 3.38. The number of aliphatic imine (C=N–C) groups is 1. The van der Waals surface area contributed by atoms with Crippen LogP contribution in [0.3, 0.4) is 0 Å². The Morgan fingerprint density at radius 3 is 2.70 bits per heavy atom. The van der Waals surface area contributed by atoms with Gasteiger partial charge in [0.05, 0.1) is 0 Å². The molecule has 2 aromatic heterocycles. The van der Waals surface area contributed by atoms with Gasteiger partial charge in [0.25, 0.3) is 0 Å². The van der Waals surface area contributed by atoms with Crippen molar-refractivity contribution in [2.45, 2.75) is 51.5 Å². The van der Waals surface area contributed by atoms with E-state index in [1.807, 2.05) is 28.8 Å². The summed E-state index contributed by atoms with van der Waals surface area (Å²) in [5, 5.41) is 15.5. The van der Waals surface area contributed by atoms with Crippen LogP contribution in [0.15, 0.2) is 53.7 Å². The van der Waals surface area contributed by atoms with Gasteiger partial charge in [-0.15, -0.1) is 34.2 Å². The maximum absolute atomic E-state index is 4.78. The zero-order valence-electron chi connectivity index (χ0n) is 17.8. The number of nitrogens with zero attached hydrogens (tertiary/aromatic N) is 4. The zero-order valence-corrected chi connectivity index (χ0v) is 20.1. The highest BCUT2D eigenvalue weighted by Gasteiger charge is 2.35. The summed E-state index contributed by atoms with van der Waals surface area (Å²) in [6.07, 6.45) is 6.99. The van der Waals surface area contributed by atoms with Crippen LogP contribution in [0.2, 0.25) is 0 Å². The van der Waals surface area contributed by atoms with Crippen LogP contribution in [0.25, 0.3) is 5.65 Å². The minimum Gasteiger partial charge on any atom is -0.357 e. The molecule has 1 aliphatic rings. The largest absolute Gasteiger partial charge is 0.357 e. The Morgan fingerprint density at radius 2 is 1.93 bits per heavy atom. The predicted octanol–water partition coefficient (Wildman–Crippen LogP) is 4.22. The minimum absolute atomic E-state index is 0. The SMILES string of the molecule is CCNC(=NCc1nnc2ccccn12)NCC1(c2cccc(C)c2)CCCC1.I. The summed E-state index contributed by atoms with van der Waals surface area (Å²) >= 11 is 0. The third-order valence-electron chi connectivity index (χ3n) is 5.89. The third-order valence-corrected chi connectivity index (χ3v) is 5.89. The summed E-state index contributed by atoms with van der Waals surface area (Å²) in [6, 6.07) is 14.9. The fourth-order valence-corrected chi connectivity index (χ4v) is 4.34. The molecule has 3 aromatic rings. The molecule has 1 fully saturated rings. The summed E-state index contributed by atoms with van der Waals surface area (Å²) in [7, 11) is 0. The van der Waals surface area contributed by atoms with E-state index in [9.17, 15) is 0 Å². The number of aryl methyl sites for hydroxylation is 1. The maximum atomic E-state index is 4.78. The maximum Gasteiger partial charge on any atom is 0.191 e. The van der Waals surface area contributed by atoms with E-state index in [-0.39, 0.29) is 29.4 Å². The van der Waals surface area contributed by atoms with Crippen LogP contribution in [0, 0.1) is 6.92 Å². The Bertz CT molecular complexity index is 990. The first-order chi connectivity index (χ1) is 14.2. The van der Waals surface area contributed by atoms with Crippen molar-refractivity contribution in [3.05, 3.63) is 65.6 Å². The average molecular weight is 518 g/mol. The first-order valence-corrected chi connectivity index (χ1v) is 10.6. The summed E-state index contributed by atoms with van der Waals surface area (Å²) in [5.41, 5.74) is 3.80. The summed E-state index contributed by atoms with van der Waals surface area (Å²) in [6.45, 7) is 6.47. The van der Waals surface area contributed by atoms with E-state index in [1.165, 1.54) is 36.8 Å². The summed E-state index contributed by atoms with van der Waals surface area (Å²) < 4.78 is 1.98. The van der Waals surface area contributed by atoms with Gasteiger partial charge in [0.15, 0.2) is 17.4 Å². The molecule has 4 rings (SSSR count). The number of fused-ring (bicyclic) bond motifs is 1. The molecule has 1 aromatic carbocycles. The van der Waals surface area contributed by atoms with Crippen molar-refractivity contribution in [2.75, 3.05) is 13.1 Å². The number of benzene rings is 1. The van der Waals surface area contributed by atoms with Gasteiger partial charge in [-0.2, -0.15) is 0 Å². The third kappa shape index (κ3) is 4.94. The molecule has 6 nitrogen and oxygen atoms in total. The molecule has 0 amide bonds. The lowest BCUT2D eigenvalue weighted by Gasteiger charge is -2.31. The highest BCUT2D eigenvalue weighted by atomic mass is 127. The van der Waals surface area contributed by atoms with Gasteiger partial charge < -0.3 is 10.6 Å². The van der Waals surface area contributed by atoms with Crippen molar-refractivity contribution >= 4 is 35.6 Å². The molecule has 7 heteroatoms. The monoisotopic (exact) mass is 518 g/mol. The van der Waals surface area contributed by atoms with Crippen molar-refractivity contribution in [2.24, 2.45) is 4.99 Å². The molecule has 30 heavy (non-hydrogen) atoms. The Kier molecular flexibility index (Phi) is 7.69. The van der Waals surface area contributed by atoms with Crippen molar-refractivity contribution < 1.29 is 0 Å². The molecule has 0 atom stereocenters. The van der Waals surface area contributed by atoms with E-state index in [4.69, 9.17) is 4.99 Å². The van der Waals surface area contributed by atoms with Gasteiger partial charge in [-0.25, -0.2) is 4.99 Å². The number of guanidine groups is 1. The number of pyridine rings is 1. The van der Waals surface area contributed by atoms with E-state index in [2.05, 4.69) is 58.9 Å². The van der Waals surface area contributed by atoms with Crippen LogP contribution in [0.5, 0.6) is 0 Å². The van der Waals surface area contributed by atoms with Gasteiger partial charge in [-0.05, 0) is 44.4 Å². The predicted molar refractivity (Wildman–Crippen MR) is 133 cm³/mol. The number of halogens is 1. The van der Waals surface area contributed by atoms with Gasteiger partial charge in [0.1, 0.15) is 6.54 Å². The number of nitrogens with one attached hydrogen (secondary N) is 2. The molecule has 2 N–H and O–H groups in total. The van der Waals surface area contributed by atoms with Crippen LogP contribution < -0.4 is 10.6 Å². The fraction of sp³-hybridized carbons (Fsp3) is 0.435. The summed E-state index contributed by atoms with van der Waals surface area (Å²) in [5.74, 6) is 1.67. The number of hydrogen-bond acceptors (Lipinski definition) is 3. The molecular weight excluding hydrogens is 487 g/mol. The number of hydrogen-bond donors (Lipinski definition) is 2. The van der Waals surface area contributed by atoms with Crippen LogP contribution in [-0.2, 0) is 12.0 Å². The van der Waals surface area contributed by atoms with Crippen LogP contribution in [0.4, 0.5) is 0 Å². The molecule has 1 saturated carbocycles. The normalized spacial score (nSPS) is 15.7. The lowest BCUT2D eigenvalue weighted by atomic mass is 9.78. The first kappa shape index (κ1) is 22.5. The van der Waals surface area contributed by atoms with E-state index >= 15 is 0 Å². The Balaban J connectivity index is 0.00000256. The molecule has 0 unspecified atom stereocenters. The Labute approximate surface area is 195 Å². The van der Waals surface area contributed by atoms with Gasteiger partial charge >= 0.3 is 0 Å². The van der Waals surface area contributed by atoms with E-state index in [0.29, 0.717) is 6.54 Å². The van der Waals surface area contributed by atoms with Crippen LogP contribution in [-0.4, -0.2) is 33.6 Å². The quantitative estimate of drug-likeness (QED) is 0.292. The fourth-order valence-electron chi connectivity index (χ4n) is 4.34. The van der Waals surface area contributed by atoms with Crippen LogP contribution >= 0.6 is 24.0 Å². The van der Waals surface area contributed by atoms with Crippen molar-refractivity contribution in [3.63, 3.8) is 0 Å². The lowest BCUT2D eigenvalue weighted by molar-refractivity contribution is 0.431.